The molecule has 636 valence electrons. The van der Waals surface area contributed by atoms with E-state index in [0.29, 0.717) is 84.1 Å². The number of nitrogens with one attached hydrogen (secondary N) is 5. The zero-order valence-electron chi connectivity index (χ0n) is 70.1. The van der Waals surface area contributed by atoms with Gasteiger partial charge in [0.2, 0.25) is 11.8 Å². The minimum Gasteiger partial charge on any atom is -0.507 e. The number of hydrogen-bond acceptors (Lipinski definition) is 16. The Morgan fingerprint density at radius 2 is 0.730 bits per heavy atom. The summed E-state index contributed by atoms with van der Waals surface area (Å²) in [6.07, 6.45) is 1.76. The highest BCUT2D eigenvalue weighted by Gasteiger charge is 2.70. The Balaban J connectivity index is 0.000000128. The predicted octanol–water partition coefficient (Wildman–Crippen LogP) is 21.3. The molecule has 10 atom stereocenters. The number of allylic oxidation sites excluding steroid dienone is 3. The molecule has 0 spiro atoms. The van der Waals surface area contributed by atoms with E-state index in [1.54, 1.807) is 135 Å². The third kappa shape index (κ3) is 19.0. The molecule has 5 aliphatic rings. The number of hydrogen-bond donors (Lipinski definition) is 10. The molecule has 13 aromatic carbocycles. The lowest BCUT2D eigenvalue weighted by molar-refractivity contribution is -0.158. The van der Waals surface area contributed by atoms with Crippen LogP contribution >= 0.6 is 0 Å². The minimum atomic E-state index is -0.644. The molecule has 21 nitrogen and oxygen atoms in total. The molecule has 10 N–H and O–H groups in total. The molecule has 13 aromatic rings. The summed E-state index contributed by atoms with van der Waals surface area (Å²) in [7, 11) is 0. The van der Waals surface area contributed by atoms with Crippen molar-refractivity contribution in [3.05, 3.63) is 332 Å². The quantitative estimate of drug-likeness (QED) is 0.0175. The summed E-state index contributed by atoms with van der Waals surface area (Å²) in [4.78, 5) is 99.7. The highest BCUT2D eigenvalue weighted by atomic mass is 16.6. The first-order chi connectivity index (χ1) is 60.5. The molecule has 4 saturated carbocycles. The summed E-state index contributed by atoms with van der Waals surface area (Å²) < 4.78 is 16.6. The number of carbonyl (C=O) groups excluding carboxylic acids is 8. The van der Waals surface area contributed by atoms with Gasteiger partial charge in [-0.3, -0.25) is 28.8 Å². The van der Waals surface area contributed by atoms with E-state index in [0.717, 1.165) is 79.6 Å². The van der Waals surface area contributed by atoms with Gasteiger partial charge in [0.25, 0.3) is 17.7 Å². The van der Waals surface area contributed by atoms with E-state index in [4.69, 9.17) is 14.2 Å². The monoisotopic (exact) mass is 1680 g/mol. The number of ether oxygens (including phenoxy) is 3. The molecule has 5 amide bonds. The summed E-state index contributed by atoms with van der Waals surface area (Å²) >= 11 is 0. The van der Waals surface area contributed by atoms with Crippen LogP contribution < -0.4 is 26.6 Å². The van der Waals surface area contributed by atoms with Crippen LogP contribution in [-0.4, -0.2) is 91.3 Å². The predicted molar refractivity (Wildman–Crippen MR) is 495 cm³/mol. The lowest BCUT2D eigenvalue weighted by atomic mass is 9.78. The molecule has 4 aliphatic carbocycles. The summed E-state index contributed by atoms with van der Waals surface area (Å²) in [6.45, 7) is 27.9. The van der Waals surface area contributed by atoms with Crippen LogP contribution in [-0.2, 0) is 38.2 Å². The van der Waals surface area contributed by atoms with Crippen LogP contribution in [0.3, 0.4) is 0 Å². The molecule has 4 bridgehead atoms. The normalized spacial score (nSPS) is 18.7. The number of phenolic OH excluding ortho intramolecular Hbond substituents is 5. The van der Waals surface area contributed by atoms with Crippen molar-refractivity contribution in [3.8, 4) is 28.7 Å². The van der Waals surface area contributed by atoms with E-state index >= 15 is 0 Å². The number of esters is 3. The minimum absolute atomic E-state index is 0.00280. The second-order valence-electron chi connectivity index (χ2n) is 32.6. The topological polar surface area (TPSA) is 326 Å². The zero-order valence-corrected chi connectivity index (χ0v) is 70.1. The number of fused-ring (bicyclic) bond motifs is 8. The molecule has 0 radical (unpaired) electrons. The van der Waals surface area contributed by atoms with Crippen molar-refractivity contribution in [2.24, 2.45) is 41.4 Å². The van der Waals surface area contributed by atoms with E-state index < -0.39 is 36.0 Å². The van der Waals surface area contributed by atoms with Crippen LogP contribution in [0.15, 0.2) is 299 Å². The number of amides is 5. The third-order valence-electron chi connectivity index (χ3n) is 23.8. The molecule has 0 aromatic heterocycles. The fourth-order valence-corrected chi connectivity index (χ4v) is 17.3. The Hall–Kier alpha value is -15.4. The third-order valence-corrected chi connectivity index (χ3v) is 23.8. The molecule has 21 heteroatoms. The summed E-state index contributed by atoms with van der Waals surface area (Å²) in [5, 5.41) is 72.0. The molecule has 1 saturated heterocycles. The number of rotatable bonds is 17. The molecular weight excluding hydrogens is 1590 g/mol. The molecule has 126 heavy (non-hydrogen) atoms. The van der Waals surface area contributed by atoms with Crippen LogP contribution in [0.2, 0.25) is 0 Å². The fraction of sp³-hybridized carbons (Fsp3) is 0.181. The fourth-order valence-electron chi connectivity index (χ4n) is 17.3. The van der Waals surface area contributed by atoms with Crippen molar-refractivity contribution in [1.82, 2.24) is 0 Å². The van der Waals surface area contributed by atoms with Gasteiger partial charge in [-0.1, -0.05) is 201 Å². The average molecular weight is 1680 g/mol. The smallest absolute Gasteiger partial charge is 0.333 e. The zero-order chi connectivity index (χ0) is 89.5. The SMILES string of the molecule is C=C(C)C(=O)OC1C2CC3C1OC(=O)C3C2C(=O)Nc1cccc2c(O)cccc12.C=C(C)C(=O)OC1CC2CC1CC2C(=O)Nc1cccc2c(O)cccc12.C=C(C)c1ccc(C(=O)Nc2ccc(O)c3ccccc23)cc1.C=C(C)c1ccc(C(=O)Nc2ccc3cccc(O)c3c2)cc1.C=C(C)c1ccc(C(=O)Nc2cccc3c(O)cccc23)cc1. The largest absolute Gasteiger partial charge is 0.507 e. The van der Waals surface area contributed by atoms with Gasteiger partial charge in [0.05, 0.1) is 11.8 Å². The van der Waals surface area contributed by atoms with Gasteiger partial charge in [0.1, 0.15) is 47.1 Å². The molecule has 5 fully saturated rings. The van der Waals surface area contributed by atoms with E-state index in [2.05, 4.69) is 59.5 Å². The van der Waals surface area contributed by atoms with Gasteiger partial charge in [-0.2, -0.15) is 0 Å². The summed E-state index contributed by atoms with van der Waals surface area (Å²) in [6, 6.07) is 75.3. The standard InChI is InChI=1S/C23H21NO6.C22H23NO4.3C20H17NO2/c1-10(2)22(27)29-19-13-9-14-18(23(28)30-20(14)19)17(13)21(26)24-15-7-3-6-12-11(15)5-4-8-16(12)25;1-12(2)22(26)27-20-11-13-9-14(20)10-17(13)21(25)23-18-7-3-6-16-15(18)5-4-8-19(16)24;1-13(2)14-9-11-15(12-10-14)20(23)21-18-7-3-6-17-16(18)5-4-8-19(17)22;1-13(2)14-6-8-16(9-7-14)20(23)21-17-11-10-15-4-3-5-19(22)18(15)12-17;1-13(2)14-7-9-15(10-8-14)20(23)21-18-11-12-19(22)17-6-4-3-5-16(17)18/h3-8,13-14,17-20,25H,1,9H2,2H3,(H,24,26);3-8,13-14,17,20,24H,1,9-11H2,2H3,(H,23,25);3*3-12,22H,1H2,2H3,(H,21,23). The number of benzene rings is 13. The van der Waals surface area contributed by atoms with Crippen LogP contribution in [0.5, 0.6) is 28.7 Å². The summed E-state index contributed by atoms with van der Waals surface area (Å²) in [5.74, 6) is -2.41. The first kappa shape index (κ1) is 87.0. The first-order valence-corrected chi connectivity index (χ1v) is 41.3. The maximum Gasteiger partial charge on any atom is 0.333 e. The van der Waals surface area contributed by atoms with Crippen LogP contribution in [0.4, 0.5) is 28.4 Å². The van der Waals surface area contributed by atoms with Crippen LogP contribution in [0.1, 0.15) is 108 Å². The molecule has 1 heterocycles. The Bertz CT molecular complexity index is 6440. The second kappa shape index (κ2) is 37.5. The Morgan fingerprint density at radius 3 is 1.18 bits per heavy atom. The van der Waals surface area contributed by atoms with Crippen LogP contribution in [0.25, 0.3) is 70.6 Å². The van der Waals surface area contributed by atoms with Gasteiger partial charge < -0.3 is 66.3 Å². The molecule has 18 rings (SSSR count). The van der Waals surface area contributed by atoms with E-state index in [9.17, 15) is 63.9 Å². The van der Waals surface area contributed by atoms with Gasteiger partial charge >= 0.3 is 17.9 Å². The first-order valence-electron chi connectivity index (χ1n) is 41.3. The highest BCUT2D eigenvalue weighted by molar-refractivity contribution is 6.13. The van der Waals surface area contributed by atoms with Crippen molar-refractivity contribution >= 4 is 146 Å². The van der Waals surface area contributed by atoms with Crippen molar-refractivity contribution in [3.63, 3.8) is 0 Å². The van der Waals surface area contributed by atoms with Gasteiger partial charge in [0, 0.05) is 123 Å². The number of aromatic hydroxyl groups is 5. The van der Waals surface area contributed by atoms with Gasteiger partial charge in [-0.05, 0) is 197 Å². The second-order valence-corrected chi connectivity index (χ2v) is 32.6. The van der Waals surface area contributed by atoms with Crippen molar-refractivity contribution in [2.45, 2.75) is 78.6 Å². The number of anilines is 5. The van der Waals surface area contributed by atoms with Gasteiger partial charge in [-0.25, -0.2) is 9.59 Å². The van der Waals surface area contributed by atoms with Gasteiger partial charge in [-0.15, -0.1) is 0 Å². The molecular formula is C105H95N5O16. The Morgan fingerprint density at radius 1 is 0.349 bits per heavy atom. The van der Waals surface area contributed by atoms with E-state index in [1.165, 1.54) is 0 Å². The van der Waals surface area contributed by atoms with Gasteiger partial charge in [0.15, 0.2) is 0 Å². The number of carbonyl (C=O) groups is 8. The van der Waals surface area contributed by atoms with E-state index in [1.807, 2.05) is 154 Å². The van der Waals surface area contributed by atoms with Crippen molar-refractivity contribution in [1.29, 1.82) is 0 Å². The molecule has 1 aliphatic heterocycles. The van der Waals surface area contributed by atoms with Crippen LogP contribution in [0, 0.1) is 41.4 Å². The average Bonchev–Trinajstić information content (AvgIpc) is 1.54. The van der Waals surface area contributed by atoms with Crippen molar-refractivity contribution < 1.29 is 78.1 Å². The summed E-state index contributed by atoms with van der Waals surface area (Å²) in [5.41, 5.74) is 11.6. The number of phenols is 5. The van der Waals surface area contributed by atoms with E-state index in [-0.39, 0.29) is 106 Å². The van der Waals surface area contributed by atoms with Crippen molar-refractivity contribution in [2.75, 3.05) is 26.6 Å². The maximum atomic E-state index is 13.3. The molecule has 10 unspecified atom stereocenters. The lowest BCUT2D eigenvalue weighted by Gasteiger charge is -2.30. The Labute approximate surface area is 728 Å². The maximum absolute atomic E-state index is 13.3. The lowest BCUT2D eigenvalue weighted by Crippen LogP contribution is -2.44. The highest BCUT2D eigenvalue weighted by Crippen LogP contribution is 2.59. The Kier molecular flexibility index (Phi) is 25.9.